The van der Waals surface area contributed by atoms with Gasteiger partial charge in [-0.15, -0.1) is 0 Å². The molecule has 0 saturated heterocycles. The molecule has 2 saturated carbocycles. The number of aliphatic hydroxyl groups is 2. The van der Waals surface area contributed by atoms with E-state index >= 15 is 0 Å². The Morgan fingerprint density at radius 2 is 1.00 bits per heavy atom. The van der Waals surface area contributed by atoms with Gasteiger partial charge in [0.1, 0.15) is 23.9 Å². The first-order valence-corrected chi connectivity index (χ1v) is 25.5. The highest BCUT2D eigenvalue weighted by atomic mass is 16.6. The highest BCUT2D eigenvalue weighted by Crippen LogP contribution is 2.31. The van der Waals surface area contributed by atoms with Crippen LogP contribution >= 0.6 is 0 Å². The van der Waals surface area contributed by atoms with Gasteiger partial charge in [-0.2, -0.15) is 0 Å². The number of aliphatic hydroxyl groups excluding tert-OH is 2. The number of esters is 2. The molecule has 0 bridgehead atoms. The second-order valence-electron chi connectivity index (χ2n) is 20.2. The molecule has 0 radical (unpaired) electrons. The van der Waals surface area contributed by atoms with E-state index in [4.69, 9.17) is 28.9 Å². The maximum absolute atomic E-state index is 12.6. The predicted octanol–water partition coefficient (Wildman–Crippen LogP) is 7.54. The summed E-state index contributed by atoms with van der Waals surface area (Å²) in [5.74, 6) is -0.163. The van der Waals surface area contributed by atoms with Gasteiger partial charge in [-0.1, -0.05) is 12.1 Å². The van der Waals surface area contributed by atoms with Gasteiger partial charge >= 0.3 is 11.9 Å². The molecule has 6 atom stereocenters. The van der Waals surface area contributed by atoms with E-state index in [2.05, 4.69) is 9.13 Å². The van der Waals surface area contributed by atoms with Gasteiger partial charge in [-0.05, 0) is 153 Å². The monoisotopic (exact) mass is 991 g/mol. The lowest BCUT2D eigenvalue weighted by Crippen LogP contribution is -2.33. The Labute approximate surface area is 421 Å². The number of methoxy groups -OCH3 is 2. The summed E-state index contributed by atoms with van der Waals surface area (Å²) in [6, 6.07) is 16.0. The average Bonchev–Trinajstić information content (AvgIpc) is 3.86. The summed E-state index contributed by atoms with van der Waals surface area (Å²) in [5.41, 5.74) is 8.68. The molecule has 0 amide bonds. The van der Waals surface area contributed by atoms with Gasteiger partial charge in [0, 0.05) is 63.0 Å². The second kappa shape index (κ2) is 23.7. The molecule has 72 heavy (non-hydrogen) atoms. The number of imidazole rings is 2. The van der Waals surface area contributed by atoms with E-state index in [0.717, 1.165) is 94.5 Å². The molecule has 2 unspecified atom stereocenters. The second-order valence-corrected chi connectivity index (χ2v) is 20.2. The van der Waals surface area contributed by atoms with Crippen molar-refractivity contribution in [2.24, 2.45) is 25.9 Å². The number of fused-ring (bicyclic) bond motifs is 2. The molecule has 8 rings (SSSR count). The predicted molar refractivity (Wildman–Crippen MR) is 278 cm³/mol. The Balaban J connectivity index is 0.000000211. The molecule has 16 heteroatoms. The fourth-order valence-electron chi connectivity index (χ4n) is 9.37. The third kappa shape index (κ3) is 12.6. The summed E-state index contributed by atoms with van der Waals surface area (Å²) >= 11 is 0. The summed E-state index contributed by atoms with van der Waals surface area (Å²) < 4.78 is 29.6. The fraction of sp³-hybridized carbons (Fsp3) is 0.536. The van der Waals surface area contributed by atoms with Gasteiger partial charge in [0.25, 0.3) is 11.1 Å². The van der Waals surface area contributed by atoms with Gasteiger partial charge < -0.3 is 47.4 Å². The minimum Gasteiger partial charge on any atom is -0.462 e. The molecule has 6 aromatic rings. The number of ether oxygens (including phenoxy) is 4. The number of aryl methyl sites for hydroxylation is 6. The molecule has 16 nitrogen and oxygen atoms in total. The minimum atomic E-state index is -0.768. The Morgan fingerprint density at radius 1 is 0.625 bits per heavy atom. The summed E-state index contributed by atoms with van der Waals surface area (Å²) in [6.45, 7) is 12.2. The standard InChI is InChI=1S/2C28H37N3O5/c2*1-17-13-21(16-30(4)27(17)33)26-29-24-14-20(10-12-25(24)31(26)15-18(2)35-5)9-11-23(19(3)32)28(34)36-22-7-6-8-22/h2*10,12-14,16,18-19,22-23,32H,6-9,11,15H2,1-5H3/t2*18?,19-,23+/m11/s1. The molecular weight excluding hydrogens is 917 g/mol. The lowest BCUT2D eigenvalue weighted by molar-refractivity contribution is -0.163. The van der Waals surface area contributed by atoms with Crippen LogP contribution in [0.4, 0.5) is 0 Å². The van der Waals surface area contributed by atoms with Gasteiger partial charge in [-0.3, -0.25) is 19.2 Å². The Kier molecular flexibility index (Phi) is 17.8. The highest BCUT2D eigenvalue weighted by Gasteiger charge is 2.31. The minimum absolute atomic E-state index is 0.00750. The lowest BCUT2D eigenvalue weighted by atomic mass is 9.93. The molecule has 2 fully saturated rings. The SMILES string of the molecule is COC(C)Cn1c(-c2cc(C)c(=O)n(C)c2)nc2cc(CC[C@H](C(=O)OC3CCC3)[C@@H](C)O)ccc21.COC(C)Cn1c(-c2cc(C)c(=O)n(C)c2)nc2cc(CC[C@H](C(=O)OC3CCC3)[C@@H](C)O)ccc21. The zero-order valence-corrected chi connectivity index (χ0v) is 43.7. The molecule has 0 spiro atoms. The smallest absolute Gasteiger partial charge is 0.311 e. The van der Waals surface area contributed by atoms with Crippen LogP contribution in [0, 0.1) is 25.7 Å². The first kappa shape index (κ1) is 53.8. The van der Waals surface area contributed by atoms with Crippen LogP contribution in [-0.2, 0) is 68.6 Å². The van der Waals surface area contributed by atoms with Crippen molar-refractivity contribution in [2.45, 2.75) is 155 Å². The first-order valence-electron chi connectivity index (χ1n) is 25.5. The molecular formula is C56H74N6O10. The number of carbonyl (C=O) groups excluding carboxylic acids is 2. The van der Waals surface area contributed by atoms with Crippen LogP contribution in [0.1, 0.15) is 101 Å². The number of carbonyl (C=O) groups is 2. The van der Waals surface area contributed by atoms with E-state index in [9.17, 15) is 29.4 Å². The molecule has 2 aliphatic rings. The van der Waals surface area contributed by atoms with Crippen molar-refractivity contribution < 1.29 is 38.7 Å². The van der Waals surface area contributed by atoms with Crippen molar-refractivity contribution in [3.8, 4) is 22.8 Å². The molecule has 4 aromatic heterocycles. The van der Waals surface area contributed by atoms with E-state index < -0.39 is 24.0 Å². The number of benzene rings is 2. The zero-order chi connectivity index (χ0) is 52.0. The Hall–Kier alpha value is -5.94. The molecule has 2 N–H and O–H groups in total. The van der Waals surface area contributed by atoms with Crippen LogP contribution in [0.5, 0.6) is 0 Å². The third-order valence-corrected chi connectivity index (χ3v) is 14.5. The van der Waals surface area contributed by atoms with Gasteiger partial charge in [-0.25, -0.2) is 9.97 Å². The third-order valence-electron chi connectivity index (χ3n) is 14.5. The van der Waals surface area contributed by atoms with Crippen LogP contribution in [0.3, 0.4) is 0 Å². The highest BCUT2D eigenvalue weighted by molar-refractivity contribution is 5.83. The number of hydrogen-bond acceptors (Lipinski definition) is 12. The van der Waals surface area contributed by atoms with Crippen molar-refractivity contribution in [3.63, 3.8) is 0 Å². The Bertz CT molecular complexity index is 2720. The summed E-state index contributed by atoms with van der Waals surface area (Å²) in [5, 5.41) is 20.4. The fourth-order valence-corrected chi connectivity index (χ4v) is 9.37. The van der Waals surface area contributed by atoms with Gasteiger partial charge in [0.05, 0.1) is 71.4 Å². The van der Waals surface area contributed by atoms with E-state index in [1.165, 1.54) is 0 Å². The number of nitrogens with zero attached hydrogens (tertiary/aromatic N) is 6. The normalized spacial score (nSPS) is 16.5. The lowest BCUT2D eigenvalue weighted by Gasteiger charge is -2.28. The van der Waals surface area contributed by atoms with E-state index in [0.29, 0.717) is 49.9 Å². The number of pyridine rings is 2. The van der Waals surface area contributed by atoms with E-state index in [1.807, 2.05) is 88.6 Å². The maximum Gasteiger partial charge on any atom is 0.311 e. The van der Waals surface area contributed by atoms with Crippen molar-refractivity contribution in [2.75, 3.05) is 14.2 Å². The van der Waals surface area contributed by atoms with Gasteiger partial charge in [0.2, 0.25) is 0 Å². The number of rotatable bonds is 20. The summed E-state index contributed by atoms with van der Waals surface area (Å²) in [6.07, 6.45) is 10.1. The van der Waals surface area contributed by atoms with Crippen LogP contribution < -0.4 is 11.1 Å². The molecule has 388 valence electrons. The molecule has 2 aromatic carbocycles. The topological polar surface area (TPSA) is 191 Å². The summed E-state index contributed by atoms with van der Waals surface area (Å²) in [4.78, 5) is 59.6. The maximum atomic E-state index is 12.6. The van der Waals surface area contributed by atoms with Crippen molar-refractivity contribution in [1.29, 1.82) is 0 Å². The average molecular weight is 991 g/mol. The van der Waals surface area contributed by atoms with Crippen LogP contribution in [0.25, 0.3) is 44.8 Å². The van der Waals surface area contributed by atoms with Gasteiger partial charge in [0.15, 0.2) is 0 Å². The largest absolute Gasteiger partial charge is 0.462 e. The van der Waals surface area contributed by atoms with Crippen LogP contribution in [-0.4, -0.2) is 101 Å². The number of aromatic nitrogens is 6. The van der Waals surface area contributed by atoms with E-state index in [-0.39, 0.29) is 47.5 Å². The number of hydrogen-bond donors (Lipinski definition) is 2. The molecule has 2 aliphatic carbocycles. The Morgan fingerprint density at radius 3 is 1.31 bits per heavy atom. The van der Waals surface area contributed by atoms with Crippen molar-refractivity contribution >= 4 is 34.0 Å². The first-order chi connectivity index (χ1) is 34.3. The zero-order valence-electron chi connectivity index (χ0n) is 43.7. The van der Waals surface area contributed by atoms with Crippen molar-refractivity contribution in [3.05, 3.63) is 104 Å². The quantitative estimate of drug-likeness (QED) is 0.0716. The molecule has 0 aliphatic heterocycles. The molecule has 4 heterocycles. The van der Waals surface area contributed by atoms with E-state index in [1.54, 1.807) is 51.3 Å². The van der Waals surface area contributed by atoms with Crippen molar-refractivity contribution in [1.82, 2.24) is 28.2 Å². The van der Waals surface area contributed by atoms with Crippen LogP contribution in [0.15, 0.2) is 70.5 Å². The summed E-state index contributed by atoms with van der Waals surface area (Å²) in [7, 11) is 6.87. The van der Waals surface area contributed by atoms with Crippen LogP contribution in [0.2, 0.25) is 0 Å².